The highest BCUT2D eigenvalue weighted by Crippen LogP contribution is 2.24. The number of nitrogens with one attached hydrogen (secondary N) is 2. The van der Waals surface area contributed by atoms with Gasteiger partial charge in [0.1, 0.15) is 6.54 Å². The van der Waals surface area contributed by atoms with Crippen molar-refractivity contribution in [2.24, 2.45) is 0 Å². The van der Waals surface area contributed by atoms with Crippen molar-refractivity contribution in [3.63, 3.8) is 0 Å². The molecule has 0 radical (unpaired) electrons. The zero-order valence-corrected chi connectivity index (χ0v) is 17.7. The SMILES string of the molecule is Cc1c(Cl)cccc1NC(=O)Cn1nnc(C(=O)Nc2cc(Cl)cc(Cl)c2)c1C. The Balaban J connectivity index is 1.70. The summed E-state index contributed by atoms with van der Waals surface area (Å²) in [6, 6.07) is 9.92. The fourth-order valence-corrected chi connectivity index (χ4v) is 3.31. The van der Waals surface area contributed by atoms with Gasteiger partial charge in [-0.15, -0.1) is 5.10 Å². The predicted molar refractivity (Wildman–Crippen MR) is 114 cm³/mol. The van der Waals surface area contributed by atoms with Crippen LogP contribution >= 0.6 is 34.8 Å². The van der Waals surface area contributed by atoms with Gasteiger partial charge in [-0.1, -0.05) is 46.1 Å². The molecule has 29 heavy (non-hydrogen) atoms. The highest BCUT2D eigenvalue weighted by Gasteiger charge is 2.19. The number of rotatable bonds is 5. The molecule has 0 fully saturated rings. The number of hydrogen-bond acceptors (Lipinski definition) is 4. The number of amides is 2. The van der Waals surface area contributed by atoms with Gasteiger partial charge in [-0.2, -0.15) is 0 Å². The minimum absolute atomic E-state index is 0.0906. The van der Waals surface area contributed by atoms with Gasteiger partial charge in [-0.25, -0.2) is 4.68 Å². The lowest BCUT2D eigenvalue weighted by atomic mass is 10.2. The molecule has 2 amide bonds. The van der Waals surface area contributed by atoms with Gasteiger partial charge in [0.25, 0.3) is 5.91 Å². The van der Waals surface area contributed by atoms with E-state index in [1.807, 2.05) is 6.92 Å². The predicted octanol–water partition coefficient (Wildman–Crippen LogP) is 4.75. The van der Waals surface area contributed by atoms with E-state index in [1.165, 1.54) is 4.68 Å². The summed E-state index contributed by atoms with van der Waals surface area (Å²) >= 11 is 17.9. The van der Waals surface area contributed by atoms with Crippen LogP contribution < -0.4 is 10.6 Å². The molecule has 1 aromatic heterocycles. The Bertz CT molecular complexity index is 1080. The summed E-state index contributed by atoms with van der Waals surface area (Å²) in [5.41, 5.74) is 2.33. The van der Waals surface area contributed by atoms with Gasteiger partial charge >= 0.3 is 0 Å². The van der Waals surface area contributed by atoms with Crippen LogP contribution in [0.2, 0.25) is 15.1 Å². The highest BCUT2D eigenvalue weighted by molar-refractivity contribution is 6.35. The molecule has 10 heteroatoms. The average molecular weight is 453 g/mol. The molecule has 3 rings (SSSR count). The lowest BCUT2D eigenvalue weighted by Crippen LogP contribution is -2.21. The summed E-state index contributed by atoms with van der Waals surface area (Å²) in [6.07, 6.45) is 0. The molecule has 0 saturated heterocycles. The number of carbonyl (C=O) groups excluding carboxylic acids is 2. The molecule has 0 bridgehead atoms. The molecule has 0 aliphatic rings. The maximum absolute atomic E-state index is 12.5. The van der Waals surface area contributed by atoms with Gasteiger partial charge in [0.2, 0.25) is 5.91 Å². The molecule has 2 aromatic carbocycles. The van der Waals surface area contributed by atoms with Gasteiger partial charge in [-0.3, -0.25) is 9.59 Å². The summed E-state index contributed by atoms with van der Waals surface area (Å²) < 4.78 is 1.34. The molecule has 0 spiro atoms. The quantitative estimate of drug-likeness (QED) is 0.585. The van der Waals surface area contributed by atoms with E-state index in [-0.39, 0.29) is 18.1 Å². The topological polar surface area (TPSA) is 88.9 Å². The molecule has 1 heterocycles. The molecule has 0 atom stereocenters. The van der Waals surface area contributed by atoms with Crippen molar-refractivity contribution in [2.75, 3.05) is 10.6 Å². The Morgan fingerprint density at radius 1 is 1.03 bits per heavy atom. The van der Waals surface area contributed by atoms with Gasteiger partial charge in [0, 0.05) is 26.4 Å². The zero-order chi connectivity index (χ0) is 21.1. The molecular weight excluding hydrogens is 437 g/mol. The normalized spacial score (nSPS) is 10.7. The maximum Gasteiger partial charge on any atom is 0.278 e. The average Bonchev–Trinajstić information content (AvgIpc) is 2.98. The standard InChI is InChI=1S/C19H16Cl3N5O2/c1-10-15(22)4-3-5-16(10)24-17(28)9-27-11(2)18(25-26-27)19(29)23-14-7-12(20)6-13(21)8-14/h3-8H,9H2,1-2H3,(H,23,29)(H,24,28). The van der Waals surface area contributed by atoms with Gasteiger partial charge in [0.15, 0.2) is 5.69 Å². The minimum atomic E-state index is -0.488. The number of halogens is 3. The number of aromatic nitrogens is 3. The smallest absolute Gasteiger partial charge is 0.278 e. The van der Waals surface area contributed by atoms with E-state index >= 15 is 0 Å². The lowest BCUT2D eigenvalue weighted by molar-refractivity contribution is -0.117. The Hall–Kier alpha value is -2.61. The maximum atomic E-state index is 12.5. The Labute approximate surface area is 181 Å². The fourth-order valence-electron chi connectivity index (χ4n) is 2.61. The monoisotopic (exact) mass is 451 g/mol. The van der Waals surface area contributed by atoms with Crippen LogP contribution in [0.15, 0.2) is 36.4 Å². The van der Waals surface area contributed by atoms with E-state index in [9.17, 15) is 9.59 Å². The molecular formula is C19H16Cl3N5O2. The van der Waals surface area contributed by atoms with Crippen molar-refractivity contribution in [1.29, 1.82) is 0 Å². The molecule has 0 saturated carbocycles. The Kier molecular flexibility index (Phi) is 6.42. The molecule has 3 aromatic rings. The van der Waals surface area contributed by atoms with Crippen LogP contribution in [0.4, 0.5) is 11.4 Å². The van der Waals surface area contributed by atoms with Crippen LogP contribution in [-0.2, 0) is 11.3 Å². The Morgan fingerprint density at radius 2 is 1.72 bits per heavy atom. The summed E-state index contributed by atoms with van der Waals surface area (Å²) in [5.74, 6) is -0.810. The fraction of sp³-hybridized carbons (Fsp3) is 0.158. The largest absolute Gasteiger partial charge is 0.324 e. The minimum Gasteiger partial charge on any atom is -0.324 e. The lowest BCUT2D eigenvalue weighted by Gasteiger charge is -2.10. The molecule has 0 aliphatic carbocycles. The van der Waals surface area contributed by atoms with Crippen molar-refractivity contribution < 1.29 is 9.59 Å². The number of nitrogens with zero attached hydrogens (tertiary/aromatic N) is 3. The second-order valence-electron chi connectivity index (χ2n) is 6.25. The molecule has 2 N–H and O–H groups in total. The second-order valence-corrected chi connectivity index (χ2v) is 7.53. The van der Waals surface area contributed by atoms with Crippen LogP contribution in [0, 0.1) is 13.8 Å². The first-order valence-electron chi connectivity index (χ1n) is 8.47. The third kappa shape index (κ3) is 5.06. The van der Waals surface area contributed by atoms with E-state index in [0.29, 0.717) is 32.1 Å². The third-order valence-electron chi connectivity index (χ3n) is 4.15. The summed E-state index contributed by atoms with van der Waals surface area (Å²) in [7, 11) is 0. The van der Waals surface area contributed by atoms with Gasteiger partial charge in [-0.05, 0) is 49.7 Å². The number of anilines is 2. The van der Waals surface area contributed by atoms with Gasteiger partial charge < -0.3 is 10.6 Å². The molecule has 0 aliphatic heterocycles. The summed E-state index contributed by atoms with van der Waals surface area (Å²) in [6.45, 7) is 3.35. The van der Waals surface area contributed by atoms with Crippen molar-refractivity contribution in [1.82, 2.24) is 15.0 Å². The number of hydrogen-bond donors (Lipinski definition) is 2. The van der Waals surface area contributed by atoms with Gasteiger partial charge in [0.05, 0.1) is 5.69 Å². The molecule has 150 valence electrons. The summed E-state index contributed by atoms with van der Waals surface area (Å²) in [5, 5.41) is 14.6. The van der Waals surface area contributed by atoms with E-state index in [1.54, 1.807) is 43.3 Å². The first-order valence-corrected chi connectivity index (χ1v) is 9.60. The first-order chi connectivity index (χ1) is 13.7. The van der Waals surface area contributed by atoms with Crippen LogP contribution in [0.1, 0.15) is 21.7 Å². The van der Waals surface area contributed by atoms with Crippen molar-refractivity contribution in [3.8, 4) is 0 Å². The summed E-state index contributed by atoms with van der Waals surface area (Å²) in [4.78, 5) is 24.9. The number of carbonyl (C=O) groups is 2. The highest BCUT2D eigenvalue weighted by atomic mass is 35.5. The second kappa shape index (κ2) is 8.82. The van der Waals surface area contributed by atoms with Crippen LogP contribution in [0.3, 0.4) is 0 Å². The van der Waals surface area contributed by atoms with Crippen LogP contribution in [-0.4, -0.2) is 26.8 Å². The van der Waals surface area contributed by atoms with E-state index in [2.05, 4.69) is 20.9 Å². The first kappa shape index (κ1) is 21.1. The van der Waals surface area contributed by atoms with E-state index < -0.39 is 5.91 Å². The Morgan fingerprint density at radius 3 is 2.41 bits per heavy atom. The van der Waals surface area contributed by atoms with Crippen molar-refractivity contribution in [2.45, 2.75) is 20.4 Å². The third-order valence-corrected chi connectivity index (χ3v) is 5.00. The van der Waals surface area contributed by atoms with Crippen molar-refractivity contribution >= 4 is 58.0 Å². The zero-order valence-electron chi connectivity index (χ0n) is 15.5. The molecule has 7 nitrogen and oxygen atoms in total. The van der Waals surface area contributed by atoms with Crippen LogP contribution in [0.5, 0.6) is 0 Å². The molecule has 0 unspecified atom stereocenters. The van der Waals surface area contributed by atoms with E-state index in [4.69, 9.17) is 34.8 Å². The number of benzene rings is 2. The van der Waals surface area contributed by atoms with Crippen molar-refractivity contribution in [3.05, 3.63) is 68.4 Å². The van der Waals surface area contributed by atoms with E-state index in [0.717, 1.165) is 5.56 Å². The van der Waals surface area contributed by atoms with Crippen LogP contribution in [0.25, 0.3) is 0 Å².